The standard InChI is InChI=1S/C35H37N3O4.C4H11N/c1-2-38-29-22-41-20-6-5-19-37-33-26(13-8-14-28(33)31(29)32(36-38)24-17-18-24)27(34(37)35(39)40)15-9-21-42-30-16-7-11-23-10-3-4-12-25(23)30;1-3-5-4-2/h3-4,7-8,10-14,16,24H,2,5-6,9,15,17-22H2,1H3,(H,39,40);5H,3-4H2,1-2H3. The molecule has 3 aromatic carbocycles. The van der Waals surface area contributed by atoms with E-state index in [0.717, 1.165) is 101 Å². The van der Waals surface area contributed by atoms with Gasteiger partial charge in [-0.15, -0.1) is 0 Å². The first-order valence-corrected chi connectivity index (χ1v) is 17.4. The van der Waals surface area contributed by atoms with Gasteiger partial charge in [-0.2, -0.15) is 5.10 Å². The first kappa shape index (κ1) is 32.8. The van der Waals surface area contributed by atoms with Crippen molar-refractivity contribution >= 4 is 27.6 Å². The number of para-hydroxylation sites is 1. The third kappa shape index (κ3) is 6.94. The van der Waals surface area contributed by atoms with Gasteiger partial charge in [0.05, 0.1) is 30.1 Å². The van der Waals surface area contributed by atoms with Gasteiger partial charge >= 0.3 is 5.97 Å². The molecule has 2 N–H and O–H groups in total. The molecule has 0 spiro atoms. The highest BCUT2D eigenvalue weighted by molar-refractivity contribution is 6.04. The van der Waals surface area contributed by atoms with Gasteiger partial charge in [0.1, 0.15) is 11.4 Å². The molecule has 0 amide bonds. The molecule has 0 unspecified atom stereocenters. The molecule has 0 radical (unpaired) electrons. The minimum atomic E-state index is -0.875. The molecule has 0 saturated heterocycles. The third-order valence-electron chi connectivity index (χ3n) is 9.24. The topological polar surface area (TPSA) is 90.5 Å². The first-order valence-electron chi connectivity index (χ1n) is 17.4. The summed E-state index contributed by atoms with van der Waals surface area (Å²) >= 11 is 0. The van der Waals surface area contributed by atoms with Gasteiger partial charge in [0.25, 0.3) is 0 Å². The van der Waals surface area contributed by atoms with Crippen LogP contribution in [-0.4, -0.2) is 51.7 Å². The van der Waals surface area contributed by atoms with E-state index in [0.29, 0.717) is 50.8 Å². The lowest BCUT2D eigenvalue weighted by Gasteiger charge is -2.12. The van der Waals surface area contributed by atoms with Crippen molar-refractivity contribution in [1.29, 1.82) is 0 Å². The molecule has 0 atom stereocenters. The van der Waals surface area contributed by atoms with Crippen molar-refractivity contribution in [2.75, 3.05) is 26.3 Å². The number of hydrogen-bond donors (Lipinski definition) is 2. The predicted molar refractivity (Wildman–Crippen MR) is 189 cm³/mol. The molecule has 2 aromatic heterocycles. The molecule has 248 valence electrons. The quantitative estimate of drug-likeness (QED) is 0.150. The first-order chi connectivity index (χ1) is 23.1. The molecular weight excluding hydrogens is 588 g/mol. The fourth-order valence-corrected chi connectivity index (χ4v) is 6.91. The fraction of sp³-hybridized carbons (Fsp3) is 0.436. The van der Waals surface area contributed by atoms with E-state index in [2.05, 4.69) is 71.7 Å². The maximum atomic E-state index is 12.9. The second-order valence-electron chi connectivity index (χ2n) is 12.4. The summed E-state index contributed by atoms with van der Waals surface area (Å²) in [4.78, 5) is 12.9. The van der Waals surface area contributed by atoms with E-state index >= 15 is 0 Å². The minimum absolute atomic E-state index is 0.403. The van der Waals surface area contributed by atoms with Gasteiger partial charge in [0, 0.05) is 47.5 Å². The summed E-state index contributed by atoms with van der Waals surface area (Å²) in [6.45, 7) is 11.6. The molecule has 47 heavy (non-hydrogen) atoms. The SMILES string of the molecule is CCNCC.CCn1nc(C2CC2)c2c1COCCCCn1c(C(=O)O)c(CCCOc3cccc4ccccc34)c3cccc-2c31. The van der Waals surface area contributed by atoms with Crippen LogP contribution in [0.2, 0.25) is 0 Å². The van der Waals surface area contributed by atoms with Crippen LogP contribution in [0.25, 0.3) is 32.8 Å². The van der Waals surface area contributed by atoms with Crippen LogP contribution in [0.3, 0.4) is 0 Å². The van der Waals surface area contributed by atoms with Crippen LogP contribution in [0.15, 0.2) is 60.7 Å². The highest BCUT2D eigenvalue weighted by atomic mass is 16.5. The van der Waals surface area contributed by atoms with Gasteiger partial charge in [0.15, 0.2) is 0 Å². The zero-order valence-corrected chi connectivity index (χ0v) is 28.1. The number of aromatic carboxylic acids is 1. The second kappa shape index (κ2) is 15.2. The van der Waals surface area contributed by atoms with Crippen LogP contribution in [0.4, 0.5) is 0 Å². The maximum absolute atomic E-state index is 12.9. The zero-order chi connectivity index (χ0) is 32.8. The Hall–Kier alpha value is -4.14. The van der Waals surface area contributed by atoms with E-state index in [1.807, 2.05) is 24.3 Å². The van der Waals surface area contributed by atoms with E-state index in [4.69, 9.17) is 14.6 Å². The van der Waals surface area contributed by atoms with E-state index in [1.165, 1.54) is 0 Å². The average Bonchev–Trinajstić information content (AvgIpc) is 3.80. The molecule has 1 fully saturated rings. The third-order valence-corrected chi connectivity index (χ3v) is 9.24. The van der Waals surface area contributed by atoms with Gasteiger partial charge in [-0.1, -0.05) is 68.4 Å². The van der Waals surface area contributed by atoms with Gasteiger partial charge in [-0.25, -0.2) is 4.79 Å². The molecule has 2 aliphatic rings. The van der Waals surface area contributed by atoms with Crippen LogP contribution in [-0.2, 0) is 30.9 Å². The molecule has 3 heterocycles. The molecule has 8 heteroatoms. The lowest BCUT2D eigenvalue weighted by atomic mass is 9.96. The molecule has 1 saturated carbocycles. The van der Waals surface area contributed by atoms with E-state index < -0.39 is 5.97 Å². The number of carbonyl (C=O) groups is 1. The van der Waals surface area contributed by atoms with Crippen molar-refractivity contribution in [3.8, 4) is 16.9 Å². The van der Waals surface area contributed by atoms with Crippen molar-refractivity contribution in [3.05, 3.63) is 83.3 Å². The number of benzene rings is 3. The molecule has 0 bridgehead atoms. The summed E-state index contributed by atoms with van der Waals surface area (Å²) in [6.07, 6.45) is 5.36. The van der Waals surface area contributed by atoms with Crippen LogP contribution in [0.5, 0.6) is 5.75 Å². The highest BCUT2D eigenvalue weighted by Gasteiger charge is 2.34. The Morgan fingerprint density at radius 1 is 1.00 bits per heavy atom. The Labute approximate surface area is 277 Å². The van der Waals surface area contributed by atoms with Crippen LogP contribution in [0, 0.1) is 0 Å². The maximum Gasteiger partial charge on any atom is 0.352 e. The smallest absolute Gasteiger partial charge is 0.352 e. The number of hydrogen-bond acceptors (Lipinski definition) is 5. The summed E-state index contributed by atoms with van der Waals surface area (Å²) in [5.41, 5.74) is 6.77. The number of fused-ring (bicyclic) bond motifs is 3. The zero-order valence-electron chi connectivity index (χ0n) is 28.1. The second-order valence-corrected chi connectivity index (χ2v) is 12.4. The van der Waals surface area contributed by atoms with E-state index in [1.54, 1.807) is 0 Å². The van der Waals surface area contributed by atoms with E-state index in [-0.39, 0.29) is 0 Å². The predicted octanol–water partition coefficient (Wildman–Crippen LogP) is 8.19. The van der Waals surface area contributed by atoms with Gasteiger partial charge in [-0.05, 0) is 75.6 Å². The van der Waals surface area contributed by atoms with Crippen LogP contribution >= 0.6 is 0 Å². The van der Waals surface area contributed by atoms with Crippen LogP contribution < -0.4 is 10.1 Å². The molecule has 7 rings (SSSR count). The minimum Gasteiger partial charge on any atom is -0.493 e. The lowest BCUT2D eigenvalue weighted by Crippen LogP contribution is -2.12. The average molecular weight is 637 g/mol. The van der Waals surface area contributed by atoms with Crippen molar-refractivity contribution in [1.82, 2.24) is 19.7 Å². The number of rotatable bonds is 10. The molecule has 1 aliphatic carbocycles. The van der Waals surface area contributed by atoms with Crippen LogP contribution in [0.1, 0.15) is 86.2 Å². The largest absolute Gasteiger partial charge is 0.493 e. The number of aromatic nitrogens is 3. The van der Waals surface area contributed by atoms with Crippen molar-refractivity contribution in [2.24, 2.45) is 0 Å². The lowest BCUT2D eigenvalue weighted by molar-refractivity contribution is 0.0683. The van der Waals surface area contributed by atoms with Gasteiger partial charge in [-0.3, -0.25) is 4.68 Å². The summed E-state index contributed by atoms with van der Waals surface area (Å²) in [6, 6.07) is 20.6. The number of carboxylic acids is 1. The Morgan fingerprint density at radius 3 is 2.51 bits per heavy atom. The summed E-state index contributed by atoms with van der Waals surface area (Å²) in [5.74, 6) is 0.445. The van der Waals surface area contributed by atoms with Crippen molar-refractivity contribution < 1.29 is 19.4 Å². The Morgan fingerprint density at radius 2 is 1.77 bits per heavy atom. The number of nitrogens with zero attached hydrogens (tertiary/aromatic N) is 3. The number of ether oxygens (including phenoxy) is 2. The van der Waals surface area contributed by atoms with E-state index in [9.17, 15) is 9.90 Å². The fourth-order valence-electron chi connectivity index (χ4n) is 6.91. The molecule has 1 aliphatic heterocycles. The Kier molecular flexibility index (Phi) is 10.6. The summed E-state index contributed by atoms with van der Waals surface area (Å²) < 4.78 is 16.6. The Bertz CT molecular complexity index is 1830. The Balaban J connectivity index is 0.000000720. The van der Waals surface area contributed by atoms with Crippen molar-refractivity contribution in [3.63, 3.8) is 0 Å². The molecule has 5 aromatic rings. The monoisotopic (exact) mass is 636 g/mol. The summed E-state index contributed by atoms with van der Waals surface area (Å²) in [5, 5.41) is 22.0. The van der Waals surface area contributed by atoms with Crippen molar-refractivity contribution in [2.45, 2.75) is 84.9 Å². The number of aryl methyl sites for hydroxylation is 3. The van der Waals surface area contributed by atoms with Gasteiger partial charge in [0.2, 0.25) is 0 Å². The molecular formula is C39H48N4O4. The number of carboxylic acid groups (broad SMARTS) is 1. The number of nitrogens with one attached hydrogen (secondary N) is 1. The normalized spacial score (nSPS) is 14.7. The highest BCUT2D eigenvalue weighted by Crippen LogP contribution is 2.47. The molecule has 8 nitrogen and oxygen atoms in total. The summed E-state index contributed by atoms with van der Waals surface area (Å²) in [7, 11) is 0. The van der Waals surface area contributed by atoms with Gasteiger partial charge < -0.3 is 24.5 Å².